The van der Waals surface area contributed by atoms with Crippen LogP contribution in [0.4, 0.5) is 0 Å². The molecular weight excluding hydrogens is 242 g/mol. The van der Waals surface area contributed by atoms with Crippen LogP contribution < -0.4 is 0 Å². The average molecular weight is 264 g/mol. The van der Waals surface area contributed by atoms with Crippen LogP contribution in [0.2, 0.25) is 0 Å². The Morgan fingerprint density at radius 3 is 2.79 bits per heavy atom. The summed E-state index contributed by atoms with van der Waals surface area (Å²) in [6, 6.07) is 0. The molecule has 0 radical (unpaired) electrons. The van der Waals surface area contributed by atoms with Crippen molar-refractivity contribution in [2.24, 2.45) is 0 Å². The van der Waals surface area contributed by atoms with Crippen LogP contribution in [0.5, 0.6) is 0 Å². The van der Waals surface area contributed by atoms with Gasteiger partial charge in [-0.1, -0.05) is 29.3 Å². The molecule has 0 aliphatic carbocycles. The minimum Gasteiger partial charge on any atom is -0.369 e. The molecule has 1 heterocycles. The van der Waals surface area contributed by atoms with E-state index in [0.717, 1.165) is 18.4 Å². The summed E-state index contributed by atoms with van der Waals surface area (Å²) in [5.41, 5.74) is 0.0183. The summed E-state index contributed by atoms with van der Waals surface area (Å²) < 4.78 is 5.94. The molecule has 0 bridgehead atoms. The Hall–Kier alpha value is 0.400. The SMILES string of the molecule is CCCCN1CC(CBr)OC(C)(C)C1. The smallest absolute Gasteiger partial charge is 0.0806 e. The molecule has 14 heavy (non-hydrogen) atoms. The van der Waals surface area contributed by atoms with Gasteiger partial charge < -0.3 is 4.74 Å². The fourth-order valence-corrected chi connectivity index (χ4v) is 2.39. The van der Waals surface area contributed by atoms with Crippen LogP contribution >= 0.6 is 15.9 Å². The molecule has 1 aliphatic rings. The molecular formula is C11H22BrNO. The van der Waals surface area contributed by atoms with Crippen molar-refractivity contribution >= 4 is 15.9 Å². The monoisotopic (exact) mass is 263 g/mol. The van der Waals surface area contributed by atoms with Gasteiger partial charge in [0.25, 0.3) is 0 Å². The van der Waals surface area contributed by atoms with E-state index in [1.807, 2.05) is 0 Å². The third-order valence-electron chi connectivity index (χ3n) is 2.55. The van der Waals surface area contributed by atoms with Crippen molar-refractivity contribution in [2.75, 3.05) is 25.0 Å². The van der Waals surface area contributed by atoms with Gasteiger partial charge in [-0.15, -0.1) is 0 Å². The minimum atomic E-state index is 0.0183. The molecule has 1 saturated heterocycles. The van der Waals surface area contributed by atoms with E-state index in [-0.39, 0.29) is 5.60 Å². The van der Waals surface area contributed by atoms with Crippen molar-refractivity contribution in [1.29, 1.82) is 0 Å². The second-order valence-electron chi connectivity index (χ2n) is 4.74. The highest BCUT2D eigenvalue weighted by Gasteiger charge is 2.32. The Labute approximate surface area is 96.1 Å². The fraction of sp³-hybridized carbons (Fsp3) is 1.00. The molecule has 0 saturated carbocycles. The molecule has 2 nitrogen and oxygen atoms in total. The van der Waals surface area contributed by atoms with E-state index in [4.69, 9.17) is 4.74 Å². The molecule has 1 atom stereocenters. The summed E-state index contributed by atoms with van der Waals surface area (Å²) in [4.78, 5) is 2.53. The number of ether oxygens (including phenoxy) is 1. The number of unbranched alkanes of at least 4 members (excludes halogenated alkanes) is 1. The van der Waals surface area contributed by atoms with Crippen LogP contribution in [-0.2, 0) is 4.74 Å². The van der Waals surface area contributed by atoms with Gasteiger partial charge in [-0.05, 0) is 26.8 Å². The van der Waals surface area contributed by atoms with E-state index < -0.39 is 0 Å². The number of nitrogens with zero attached hydrogens (tertiary/aromatic N) is 1. The normalized spacial score (nSPS) is 27.9. The molecule has 1 aliphatic heterocycles. The van der Waals surface area contributed by atoms with E-state index in [1.54, 1.807) is 0 Å². The molecule has 0 spiro atoms. The van der Waals surface area contributed by atoms with Gasteiger partial charge >= 0.3 is 0 Å². The minimum absolute atomic E-state index is 0.0183. The average Bonchev–Trinajstić information content (AvgIpc) is 2.12. The third-order valence-corrected chi connectivity index (χ3v) is 3.27. The highest BCUT2D eigenvalue weighted by Crippen LogP contribution is 2.22. The summed E-state index contributed by atoms with van der Waals surface area (Å²) >= 11 is 3.51. The number of halogens is 1. The number of rotatable bonds is 4. The lowest BCUT2D eigenvalue weighted by molar-refractivity contribution is -0.126. The van der Waals surface area contributed by atoms with Gasteiger partial charge in [0.15, 0.2) is 0 Å². The molecule has 84 valence electrons. The summed E-state index contributed by atoms with van der Waals surface area (Å²) in [6.45, 7) is 9.97. The largest absolute Gasteiger partial charge is 0.369 e. The predicted molar refractivity (Wildman–Crippen MR) is 64.1 cm³/mol. The van der Waals surface area contributed by atoms with Crippen LogP contribution in [0.15, 0.2) is 0 Å². The second-order valence-corrected chi connectivity index (χ2v) is 5.39. The number of hydrogen-bond acceptors (Lipinski definition) is 2. The zero-order chi connectivity index (χ0) is 10.6. The molecule has 0 amide bonds. The number of morpholine rings is 1. The number of alkyl halides is 1. The Balaban J connectivity index is 2.43. The first-order valence-corrected chi connectivity index (χ1v) is 6.65. The lowest BCUT2D eigenvalue weighted by Gasteiger charge is -2.42. The third kappa shape index (κ3) is 3.87. The van der Waals surface area contributed by atoms with Crippen LogP contribution in [0.1, 0.15) is 33.6 Å². The first-order valence-electron chi connectivity index (χ1n) is 5.53. The highest BCUT2D eigenvalue weighted by molar-refractivity contribution is 9.09. The Morgan fingerprint density at radius 1 is 1.50 bits per heavy atom. The predicted octanol–water partition coefficient (Wildman–Crippen LogP) is 2.66. The maximum atomic E-state index is 5.94. The highest BCUT2D eigenvalue weighted by atomic mass is 79.9. The van der Waals surface area contributed by atoms with Gasteiger partial charge in [0.05, 0.1) is 11.7 Å². The molecule has 3 heteroatoms. The standard InChI is InChI=1S/C11H22BrNO/c1-4-5-6-13-8-10(7-12)14-11(2,3)9-13/h10H,4-9H2,1-3H3. The lowest BCUT2D eigenvalue weighted by atomic mass is 10.1. The molecule has 1 unspecified atom stereocenters. The van der Waals surface area contributed by atoms with Gasteiger partial charge in [0.2, 0.25) is 0 Å². The van der Waals surface area contributed by atoms with Gasteiger partial charge in [0.1, 0.15) is 0 Å². The molecule has 0 N–H and O–H groups in total. The van der Waals surface area contributed by atoms with E-state index in [1.165, 1.54) is 19.4 Å². The van der Waals surface area contributed by atoms with Gasteiger partial charge in [0, 0.05) is 18.4 Å². The zero-order valence-corrected chi connectivity index (χ0v) is 11.1. The van der Waals surface area contributed by atoms with Crippen molar-refractivity contribution in [2.45, 2.75) is 45.3 Å². The van der Waals surface area contributed by atoms with Crippen LogP contribution in [-0.4, -0.2) is 41.6 Å². The maximum absolute atomic E-state index is 5.94. The van der Waals surface area contributed by atoms with Crippen LogP contribution in [0.3, 0.4) is 0 Å². The fourth-order valence-electron chi connectivity index (χ4n) is 2.05. The summed E-state index contributed by atoms with van der Waals surface area (Å²) in [7, 11) is 0. The topological polar surface area (TPSA) is 12.5 Å². The van der Waals surface area contributed by atoms with E-state index in [0.29, 0.717) is 6.10 Å². The van der Waals surface area contributed by atoms with Crippen molar-refractivity contribution < 1.29 is 4.74 Å². The van der Waals surface area contributed by atoms with E-state index in [2.05, 4.69) is 41.6 Å². The van der Waals surface area contributed by atoms with Crippen LogP contribution in [0.25, 0.3) is 0 Å². The Morgan fingerprint density at radius 2 is 2.21 bits per heavy atom. The first kappa shape index (κ1) is 12.5. The first-order chi connectivity index (χ1) is 6.57. The van der Waals surface area contributed by atoms with Crippen LogP contribution in [0, 0.1) is 0 Å². The van der Waals surface area contributed by atoms with Gasteiger partial charge in [-0.2, -0.15) is 0 Å². The summed E-state index contributed by atoms with van der Waals surface area (Å²) in [5, 5.41) is 0.944. The molecule has 1 fully saturated rings. The number of hydrogen-bond donors (Lipinski definition) is 0. The summed E-state index contributed by atoms with van der Waals surface area (Å²) in [5.74, 6) is 0. The maximum Gasteiger partial charge on any atom is 0.0806 e. The van der Waals surface area contributed by atoms with Crippen molar-refractivity contribution in [3.63, 3.8) is 0 Å². The van der Waals surface area contributed by atoms with E-state index in [9.17, 15) is 0 Å². The van der Waals surface area contributed by atoms with E-state index >= 15 is 0 Å². The quantitative estimate of drug-likeness (QED) is 0.724. The van der Waals surface area contributed by atoms with Gasteiger partial charge in [-0.3, -0.25) is 4.90 Å². The molecule has 0 aromatic carbocycles. The van der Waals surface area contributed by atoms with Crippen molar-refractivity contribution in [1.82, 2.24) is 4.90 Å². The summed E-state index contributed by atoms with van der Waals surface area (Å²) in [6.07, 6.45) is 2.93. The van der Waals surface area contributed by atoms with Gasteiger partial charge in [-0.25, -0.2) is 0 Å². The molecule has 1 rings (SSSR count). The lowest BCUT2D eigenvalue weighted by Crippen LogP contribution is -2.53. The van der Waals surface area contributed by atoms with Crippen molar-refractivity contribution in [3.8, 4) is 0 Å². The van der Waals surface area contributed by atoms with Crippen molar-refractivity contribution in [3.05, 3.63) is 0 Å². The molecule has 0 aromatic rings. The Bertz CT molecular complexity index is 173. The Kier molecular flexibility index (Phi) is 4.88. The zero-order valence-electron chi connectivity index (χ0n) is 9.55. The molecule has 0 aromatic heterocycles. The second kappa shape index (κ2) is 5.47.